The van der Waals surface area contributed by atoms with Gasteiger partial charge >= 0.3 is 0 Å². The van der Waals surface area contributed by atoms with Gasteiger partial charge in [0.1, 0.15) is 0 Å². The fourth-order valence-electron chi connectivity index (χ4n) is 2.37. The molecule has 0 radical (unpaired) electrons. The molecule has 0 aliphatic heterocycles. The Labute approximate surface area is 128 Å². The summed E-state index contributed by atoms with van der Waals surface area (Å²) in [6, 6.07) is 5.30. The summed E-state index contributed by atoms with van der Waals surface area (Å²) in [5.41, 5.74) is 2.89. The lowest BCUT2D eigenvalue weighted by atomic mass is 10.1. The number of aryl methyl sites for hydroxylation is 2. The van der Waals surface area contributed by atoms with E-state index in [0.29, 0.717) is 12.1 Å². The minimum atomic E-state index is -0.337. The van der Waals surface area contributed by atoms with Gasteiger partial charge in [-0.05, 0) is 33.3 Å². The maximum absolute atomic E-state index is 11.0. The molecule has 0 saturated heterocycles. The Bertz CT molecular complexity index is 667. The number of nitro groups is 1. The molecular weight excluding hydrogens is 286 g/mol. The van der Waals surface area contributed by atoms with E-state index in [9.17, 15) is 10.1 Å². The molecule has 0 aliphatic carbocycles. The summed E-state index contributed by atoms with van der Waals surface area (Å²) in [4.78, 5) is 16.4. The second kappa shape index (κ2) is 6.32. The average molecular weight is 305 g/mol. The first-order chi connectivity index (χ1) is 9.90. The van der Waals surface area contributed by atoms with Gasteiger partial charge in [-0.15, -0.1) is 11.3 Å². The van der Waals surface area contributed by atoms with Crippen molar-refractivity contribution in [3.63, 3.8) is 0 Å². The number of thiazole rings is 1. The van der Waals surface area contributed by atoms with Crippen LogP contribution in [0.15, 0.2) is 18.2 Å². The van der Waals surface area contributed by atoms with Crippen molar-refractivity contribution in [2.45, 2.75) is 40.3 Å². The van der Waals surface area contributed by atoms with Crippen molar-refractivity contribution in [1.29, 1.82) is 0 Å². The van der Waals surface area contributed by atoms with Crippen LogP contribution in [0.1, 0.15) is 39.7 Å². The molecule has 2 rings (SSSR count). The number of nitro benzene ring substituents is 1. The molecule has 1 atom stereocenters. The van der Waals surface area contributed by atoms with Gasteiger partial charge in [-0.1, -0.05) is 12.1 Å². The minimum Gasteiger partial charge on any atom is -0.305 e. The van der Waals surface area contributed by atoms with Crippen molar-refractivity contribution in [2.24, 2.45) is 0 Å². The monoisotopic (exact) mass is 305 g/mol. The SMILES string of the molecule is Cc1nc(C(C)NCc2cccc([N+](=O)[O-])c2C)c(C)s1. The van der Waals surface area contributed by atoms with Crippen LogP contribution in [0, 0.1) is 30.9 Å². The van der Waals surface area contributed by atoms with Gasteiger partial charge in [0.2, 0.25) is 0 Å². The van der Waals surface area contributed by atoms with E-state index in [2.05, 4.69) is 24.1 Å². The van der Waals surface area contributed by atoms with Gasteiger partial charge in [0.25, 0.3) is 5.69 Å². The fraction of sp³-hybridized carbons (Fsp3) is 0.400. The molecule has 1 unspecified atom stereocenters. The van der Waals surface area contributed by atoms with E-state index in [1.54, 1.807) is 24.3 Å². The molecule has 0 bridgehead atoms. The predicted molar refractivity (Wildman–Crippen MR) is 84.7 cm³/mol. The summed E-state index contributed by atoms with van der Waals surface area (Å²) < 4.78 is 0. The molecule has 0 aliphatic rings. The first kappa shape index (κ1) is 15.6. The Morgan fingerprint density at radius 3 is 2.67 bits per heavy atom. The topological polar surface area (TPSA) is 68.1 Å². The molecule has 0 fully saturated rings. The van der Waals surface area contributed by atoms with Gasteiger partial charge in [-0.25, -0.2) is 4.98 Å². The summed E-state index contributed by atoms with van der Waals surface area (Å²) in [5, 5.41) is 15.4. The Balaban J connectivity index is 2.11. The Kier molecular flexibility index (Phi) is 4.69. The number of hydrogen-bond acceptors (Lipinski definition) is 5. The third-order valence-electron chi connectivity index (χ3n) is 3.56. The number of aromatic nitrogens is 1. The van der Waals surface area contributed by atoms with Crippen molar-refractivity contribution in [1.82, 2.24) is 10.3 Å². The Hall–Kier alpha value is -1.79. The van der Waals surface area contributed by atoms with Crippen LogP contribution in [-0.4, -0.2) is 9.91 Å². The molecule has 2 aromatic rings. The van der Waals surface area contributed by atoms with Crippen LogP contribution < -0.4 is 5.32 Å². The molecule has 0 saturated carbocycles. The zero-order valence-electron chi connectivity index (χ0n) is 12.6. The molecule has 1 aromatic carbocycles. The zero-order chi connectivity index (χ0) is 15.6. The lowest BCUT2D eigenvalue weighted by Crippen LogP contribution is -2.19. The highest BCUT2D eigenvalue weighted by Gasteiger charge is 2.16. The number of nitrogens with zero attached hydrogens (tertiary/aromatic N) is 2. The third-order valence-corrected chi connectivity index (χ3v) is 4.46. The number of hydrogen-bond donors (Lipinski definition) is 1. The van der Waals surface area contributed by atoms with Gasteiger partial charge in [-0.3, -0.25) is 10.1 Å². The summed E-state index contributed by atoms with van der Waals surface area (Å²) in [5.74, 6) is 0. The number of benzene rings is 1. The van der Waals surface area contributed by atoms with E-state index in [-0.39, 0.29) is 16.7 Å². The largest absolute Gasteiger partial charge is 0.305 e. The van der Waals surface area contributed by atoms with E-state index in [0.717, 1.165) is 16.3 Å². The van der Waals surface area contributed by atoms with E-state index in [4.69, 9.17) is 0 Å². The summed E-state index contributed by atoms with van der Waals surface area (Å²) in [6.07, 6.45) is 0. The number of rotatable bonds is 5. The van der Waals surface area contributed by atoms with Crippen LogP contribution in [0.3, 0.4) is 0 Å². The lowest BCUT2D eigenvalue weighted by molar-refractivity contribution is -0.385. The number of nitrogens with one attached hydrogen (secondary N) is 1. The Morgan fingerprint density at radius 2 is 2.10 bits per heavy atom. The van der Waals surface area contributed by atoms with Crippen molar-refractivity contribution < 1.29 is 4.92 Å². The quantitative estimate of drug-likeness (QED) is 0.673. The smallest absolute Gasteiger partial charge is 0.272 e. The fourth-order valence-corrected chi connectivity index (χ4v) is 3.28. The van der Waals surface area contributed by atoms with Crippen LogP contribution in [-0.2, 0) is 6.54 Å². The highest BCUT2D eigenvalue weighted by Crippen LogP contribution is 2.24. The first-order valence-corrected chi connectivity index (χ1v) is 7.62. The van der Waals surface area contributed by atoms with Crippen LogP contribution in [0.2, 0.25) is 0 Å². The van der Waals surface area contributed by atoms with Crippen molar-refractivity contribution in [3.8, 4) is 0 Å². The van der Waals surface area contributed by atoms with Gasteiger partial charge < -0.3 is 5.32 Å². The average Bonchev–Trinajstić information content (AvgIpc) is 2.76. The molecular formula is C15H19N3O2S. The molecule has 0 amide bonds. The van der Waals surface area contributed by atoms with E-state index in [1.165, 1.54) is 10.9 Å². The summed E-state index contributed by atoms with van der Waals surface area (Å²) in [6.45, 7) is 8.51. The van der Waals surface area contributed by atoms with Gasteiger partial charge in [0.05, 0.1) is 15.6 Å². The van der Waals surface area contributed by atoms with Crippen molar-refractivity contribution in [3.05, 3.63) is 55.0 Å². The van der Waals surface area contributed by atoms with E-state index >= 15 is 0 Å². The molecule has 1 N–H and O–H groups in total. The molecule has 1 aromatic heterocycles. The summed E-state index contributed by atoms with van der Waals surface area (Å²) in [7, 11) is 0. The van der Waals surface area contributed by atoms with Crippen LogP contribution >= 0.6 is 11.3 Å². The second-order valence-electron chi connectivity index (χ2n) is 5.10. The molecule has 0 spiro atoms. The maximum Gasteiger partial charge on any atom is 0.272 e. The van der Waals surface area contributed by atoms with Crippen molar-refractivity contribution in [2.75, 3.05) is 0 Å². The van der Waals surface area contributed by atoms with E-state index in [1.807, 2.05) is 13.0 Å². The van der Waals surface area contributed by atoms with Gasteiger partial charge in [0.15, 0.2) is 0 Å². The third kappa shape index (κ3) is 3.46. The second-order valence-corrected chi connectivity index (χ2v) is 6.50. The van der Waals surface area contributed by atoms with Crippen LogP contribution in [0.25, 0.3) is 0 Å². The lowest BCUT2D eigenvalue weighted by Gasteiger charge is -2.14. The molecule has 5 nitrogen and oxygen atoms in total. The van der Waals surface area contributed by atoms with E-state index < -0.39 is 0 Å². The predicted octanol–water partition coefficient (Wildman–Crippen LogP) is 3.83. The first-order valence-electron chi connectivity index (χ1n) is 6.80. The van der Waals surface area contributed by atoms with Gasteiger partial charge in [-0.2, -0.15) is 0 Å². The molecule has 6 heteroatoms. The van der Waals surface area contributed by atoms with Gasteiger partial charge in [0, 0.05) is 29.1 Å². The standard InChI is InChI=1S/C15H19N3O2S/c1-9-13(6-5-7-14(9)18(19)20)8-16-10(2)15-11(3)21-12(4)17-15/h5-7,10,16H,8H2,1-4H3. The zero-order valence-corrected chi connectivity index (χ0v) is 13.5. The highest BCUT2D eigenvalue weighted by atomic mass is 32.1. The molecule has 21 heavy (non-hydrogen) atoms. The normalized spacial score (nSPS) is 12.4. The van der Waals surface area contributed by atoms with Crippen LogP contribution in [0.5, 0.6) is 0 Å². The maximum atomic E-state index is 11.0. The Morgan fingerprint density at radius 1 is 1.38 bits per heavy atom. The minimum absolute atomic E-state index is 0.119. The molecule has 112 valence electrons. The van der Waals surface area contributed by atoms with Crippen molar-refractivity contribution >= 4 is 17.0 Å². The highest BCUT2D eigenvalue weighted by molar-refractivity contribution is 7.11. The molecule has 1 heterocycles. The van der Waals surface area contributed by atoms with Crippen LogP contribution in [0.4, 0.5) is 5.69 Å². The summed E-state index contributed by atoms with van der Waals surface area (Å²) >= 11 is 1.69.